The van der Waals surface area contributed by atoms with Crippen LogP contribution in [0, 0.1) is 5.92 Å². The van der Waals surface area contributed by atoms with E-state index in [4.69, 9.17) is 4.74 Å². The Morgan fingerprint density at radius 2 is 1.63 bits per heavy atom. The fourth-order valence-corrected chi connectivity index (χ4v) is 3.90. The number of ether oxygens (including phenoxy) is 1. The van der Waals surface area contributed by atoms with Gasteiger partial charge < -0.3 is 10.1 Å². The Kier molecular flexibility index (Phi) is 6.85. The molecule has 2 aromatic carbocycles. The van der Waals surface area contributed by atoms with Gasteiger partial charge >= 0.3 is 0 Å². The number of rotatable bonds is 8. The number of nitrogens with one attached hydrogen (secondary N) is 1. The summed E-state index contributed by atoms with van der Waals surface area (Å²) in [6.45, 7) is 5.53. The second-order valence-corrected chi connectivity index (χ2v) is 8.46. The summed E-state index contributed by atoms with van der Waals surface area (Å²) in [5.41, 5.74) is 0.316. The molecule has 7 heteroatoms. The highest BCUT2D eigenvalue weighted by molar-refractivity contribution is 7.92. The van der Waals surface area contributed by atoms with Crippen molar-refractivity contribution in [3.8, 4) is 5.75 Å². The number of para-hydroxylation sites is 2. The van der Waals surface area contributed by atoms with E-state index in [1.165, 1.54) is 19.2 Å². The molecular formula is C20H26N2O4S. The Morgan fingerprint density at radius 1 is 1.04 bits per heavy atom. The summed E-state index contributed by atoms with van der Waals surface area (Å²) in [7, 11) is -2.48. The smallest absolute Gasteiger partial charge is 0.264 e. The lowest BCUT2D eigenvalue weighted by molar-refractivity contribution is -0.120. The number of carbonyl (C=O) groups excluding carboxylic acids is 1. The van der Waals surface area contributed by atoms with Gasteiger partial charge in [-0.1, -0.05) is 44.2 Å². The molecule has 2 rings (SSSR count). The van der Waals surface area contributed by atoms with Gasteiger partial charge in [-0.3, -0.25) is 9.10 Å². The van der Waals surface area contributed by atoms with E-state index in [0.717, 1.165) is 4.31 Å². The highest BCUT2D eigenvalue weighted by Crippen LogP contribution is 2.32. The molecular weight excluding hydrogens is 364 g/mol. The Balaban J connectivity index is 2.45. The van der Waals surface area contributed by atoms with Crippen molar-refractivity contribution in [1.29, 1.82) is 0 Å². The Hall–Kier alpha value is -2.54. The fraction of sp³-hybridized carbons (Fsp3) is 0.350. The number of hydrogen-bond acceptors (Lipinski definition) is 4. The molecule has 1 N–H and O–H groups in total. The van der Waals surface area contributed by atoms with Crippen molar-refractivity contribution in [1.82, 2.24) is 5.32 Å². The molecule has 1 amide bonds. The molecule has 0 fully saturated rings. The van der Waals surface area contributed by atoms with Crippen molar-refractivity contribution in [2.24, 2.45) is 5.92 Å². The van der Waals surface area contributed by atoms with Crippen LogP contribution in [0.25, 0.3) is 0 Å². The third-order valence-electron chi connectivity index (χ3n) is 4.36. The van der Waals surface area contributed by atoms with Crippen molar-refractivity contribution in [2.75, 3.05) is 18.0 Å². The first-order valence-electron chi connectivity index (χ1n) is 8.77. The number of hydrogen-bond donors (Lipinski definition) is 1. The summed E-state index contributed by atoms with van der Waals surface area (Å²) in [4.78, 5) is 12.7. The standard InChI is InChI=1S/C20H26N2O4S/c1-15(2)16(3)21-20(23)14-22(18-12-8-9-13-19(18)26-4)27(24,25)17-10-6-5-7-11-17/h5-13,15-16H,14H2,1-4H3,(H,21,23)/t16-/m0/s1. The summed E-state index contributed by atoms with van der Waals surface area (Å²) in [5, 5.41) is 2.85. The first-order chi connectivity index (χ1) is 12.8. The van der Waals surface area contributed by atoms with E-state index < -0.39 is 10.0 Å². The molecule has 1 atom stereocenters. The number of sulfonamides is 1. The van der Waals surface area contributed by atoms with Gasteiger partial charge in [0.2, 0.25) is 5.91 Å². The first kappa shape index (κ1) is 20.8. The lowest BCUT2D eigenvalue weighted by Gasteiger charge is -2.27. The molecule has 0 aliphatic heterocycles. The highest BCUT2D eigenvalue weighted by atomic mass is 32.2. The summed E-state index contributed by atoms with van der Waals surface area (Å²) >= 11 is 0. The quantitative estimate of drug-likeness (QED) is 0.752. The maximum absolute atomic E-state index is 13.2. The Morgan fingerprint density at radius 3 is 2.22 bits per heavy atom. The fourth-order valence-electron chi connectivity index (χ4n) is 2.45. The summed E-state index contributed by atoms with van der Waals surface area (Å²) in [6.07, 6.45) is 0. The van der Waals surface area contributed by atoms with Crippen LogP contribution in [0.15, 0.2) is 59.5 Å². The monoisotopic (exact) mass is 390 g/mol. The molecule has 2 aromatic rings. The van der Waals surface area contributed by atoms with Gasteiger partial charge in [-0.15, -0.1) is 0 Å². The minimum absolute atomic E-state index is 0.0727. The number of benzene rings is 2. The lowest BCUT2D eigenvalue weighted by atomic mass is 10.1. The van der Waals surface area contributed by atoms with E-state index in [1.54, 1.807) is 42.5 Å². The zero-order valence-electron chi connectivity index (χ0n) is 16.0. The molecule has 0 aliphatic rings. The van der Waals surface area contributed by atoms with Crippen LogP contribution in [0.4, 0.5) is 5.69 Å². The molecule has 0 heterocycles. The van der Waals surface area contributed by atoms with Gasteiger partial charge in [0.1, 0.15) is 12.3 Å². The Labute approximate surface area is 161 Å². The topological polar surface area (TPSA) is 75.7 Å². The lowest BCUT2D eigenvalue weighted by Crippen LogP contribution is -2.45. The molecule has 0 saturated carbocycles. The molecule has 0 aromatic heterocycles. The molecule has 0 bridgehead atoms. The second kappa shape index (κ2) is 8.90. The second-order valence-electron chi connectivity index (χ2n) is 6.60. The van der Waals surface area contributed by atoms with Crippen LogP contribution in [0.3, 0.4) is 0 Å². The van der Waals surface area contributed by atoms with E-state index in [2.05, 4.69) is 5.32 Å². The van der Waals surface area contributed by atoms with Crippen LogP contribution in [0.2, 0.25) is 0 Å². The van der Waals surface area contributed by atoms with Crippen LogP contribution in [-0.4, -0.2) is 34.0 Å². The van der Waals surface area contributed by atoms with E-state index >= 15 is 0 Å². The first-order valence-corrected chi connectivity index (χ1v) is 10.2. The molecule has 0 saturated heterocycles. The number of anilines is 1. The van der Waals surface area contributed by atoms with Gasteiger partial charge in [-0.05, 0) is 37.1 Å². The van der Waals surface area contributed by atoms with Crippen LogP contribution >= 0.6 is 0 Å². The maximum Gasteiger partial charge on any atom is 0.264 e. The molecule has 0 unspecified atom stereocenters. The number of nitrogens with zero attached hydrogens (tertiary/aromatic N) is 1. The summed E-state index contributed by atoms with van der Waals surface area (Å²) in [5.74, 6) is 0.239. The number of amides is 1. The normalized spacial score (nSPS) is 12.5. The zero-order valence-corrected chi connectivity index (χ0v) is 16.9. The highest BCUT2D eigenvalue weighted by Gasteiger charge is 2.29. The van der Waals surface area contributed by atoms with Crippen molar-refractivity contribution in [3.63, 3.8) is 0 Å². The van der Waals surface area contributed by atoms with Crippen LogP contribution in [0.1, 0.15) is 20.8 Å². The van der Waals surface area contributed by atoms with Gasteiger partial charge in [0, 0.05) is 6.04 Å². The van der Waals surface area contributed by atoms with E-state index in [0.29, 0.717) is 11.4 Å². The van der Waals surface area contributed by atoms with Gasteiger partial charge in [-0.25, -0.2) is 8.42 Å². The minimum Gasteiger partial charge on any atom is -0.495 e. The van der Waals surface area contributed by atoms with E-state index in [-0.39, 0.29) is 29.3 Å². The van der Waals surface area contributed by atoms with Gasteiger partial charge in [-0.2, -0.15) is 0 Å². The van der Waals surface area contributed by atoms with Gasteiger partial charge in [0.15, 0.2) is 0 Å². The van der Waals surface area contributed by atoms with Crippen molar-refractivity contribution in [2.45, 2.75) is 31.7 Å². The number of methoxy groups -OCH3 is 1. The summed E-state index contributed by atoms with van der Waals surface area (Å²) in [6, 6.07) is 14.7. The predicted octanol–water partition coefficient (Wildman–Crippen LogP) is 3.05. The van der Waals surface area contributed by atoms with Crippen molar-refractivity contribution < 1.29 is 17.9 Å². The molecule has 27 heavy (non-hydrogen) atoms. The SMILES string of the molecule is COc1ccccc1N(CC(=O)N[C@@H](C)C(C)C)S(=O)(=O)c1ccccc1. The third-order valence-corrected chi connectivity index (χ3v) is 6.13. The average Bonchev–Trinajstić information content (AvgIpc) is 2.66. The minimum atomic E-state index is -3.95. The van der Waals surface area contributed by atoms with Crippen molar-refractivity contribution in [3.05, 3.63) is 54.6 Å². The summed E-state index contributed by atoms with van der Waals surface area (Å²) < 4.78 is 32.9. The Bertz CT molecular complexity index is 867. The van der Waals surface area contributed by atoms with Crippen LogP contribution in [-0.2, 0) is 14.8 Å². The van der Waals surface area contributed by atoms with Crippen LogP contribution < -0.4 is 14.4 Å². The molecule has 0 aliphatic carbocycles. The third kappa shape index (κ3) is 5.01. The molecule has 0 radical (unpaired) electrons. The van der Waals surface area contributed by atoms with Gasteiger partial charge in [0.25, 0.3) is 10.0 Å². The predicted molar refractivity (Wildman–Crippen MR) is 106 cm³/mol. The number of carbonyl (C=O) groups is 1. The molecule has 0 spiro atoms. The van der Waals surface area contributed by atoms with E-state index in [9.17, 15) is 13.2 Å². The van der Waals surface area contributed by atoms with Crippen LogP contribution in [0.5, 0.6) is 5.75 Å². The maximum atomic E-state index is 13.2. The largest absolute Gasteiger partial charge is 0.495 e. The zero-order chi connectivity index (χ0) is 20.0. The molecule has 6 nitrogen and oxygen atoms in total. The van der Waals surface area contributed by atoms with Gasteiger partial charge in [0.05, 0.1) is 17.7 Å². The average molecular weight is 391 g/mol. The molecule has 146 valence electrons. The van der Waals surface area contributed by atoms with E-state index in [1.807, 2.05) is 20.8 Å². The van der Waals surface area contributed by atoms with Crippen molar-refractivity contribution >= 4 is 21.6 Å².